The van der Waals surface area contributed by atoms with Gasteiger partial charge in [-0.1, -0.05) is 12.1 Å². The van der Waals surface area contributed by atoms with Crippen molar-refractivity contribution in [3.8, 4) is 11.5 Å². The largest absolute Gasteiger partial charge is 0.507 e. The fraction of sp³-hybridized carbons (Fsp3) is 0.481. The SMILES string of the molecule is O=C(O)c1cc(O)c2c(c1)[C@](O)([C@H]1O[C@H](CO)[C@@H](O)[C@H](O)[C@@H]1O)c1cccc(O[C@@H]3O[C@H](CO)[C@@H](O)[C@H](O)[C@H]3O)c1C2=O. The van der Waals surface area contributed by atoms with Crippen LogP contribution in [0.3, 0.4) is 0 Å². The van der Waals surface area contributed by atoms with Crippen LogP contribution in [0, 0.1) is 0 Å². The molecule has 2 fully saturated rings. The van der Waals surface area contributed by atoms with Gasteiger partial charge in [0, 0.05) is 11.1 Å². The van der Waals surface area contributed by atoms with Crippen molar-refractivity contribution in [2.45, 2.75) is 66.8 Å². The number of carboxylic acids is 1. The number of aromatic carboxylic acids is 1. The molecule has 234 valence electrons. The lowest BCUT2D eigenvalue weighted by Gasteiger charge is -2.49. The van der Waals surface area contributed by atoms with Gasteiger partial charge in [-0.05, 0) is 18.2 Å². The second kappa shape index (κ2) is 11.3. The molecule has 11 N–H and O–H groups in total. The molecule has 2 saturated heterocycles. The van der Waals surface area contributed by atoms with E-state index in [2.05, 4.69) is 0 Å². The fourth-order valence-corrected chi connectivity index (χ4v) is 5.78. The number of hydrogen-bond donors (Lipinski definition) is 11. The van der Waals surface area contributed by atoms with Crippen LogP contribution in [-0.4, -0.2) is 142 Å². The minimum atomic E-state index is -2.77. The molecular formula is C27H30O16. The smallest absolute Gasteiger partial charge is 0.335 e. The zero-order valence-corrected chi connectivity index (χ0v) is 22.0. The van der Waals surface area contributed by atoms with Crippen molar-refractivity contribution in [2.24, 2.45) is 0 Å². The molecule has 0 amide bonds. The maximum atomic E-state index is 13.9. The molecule has 11 atom stereocenters. The lowest BCUT2D eigenvalue weighted by atomic mass is 9.68. The van der Waals surface area contributed by atoms with Gasteiger partial charge in [0.25, 0.3) is 0 Å². The number of hydrogen-bond acceptors (Lipinski definition) is 15. The molecule has 43 heavy (non-hydrogen) atoms. The molecule has 2 heterocycles. The molecule has 0 spiro atoms. The van der Waals surface area contributed by atoms with Crippen LogP contribution in [0.4, 0.5) is 0 Å². The summed E-state index contributed by atoms with van der Waals surface area (Å²) in [4.78, 5) is 25.8. The molecule has 2 aromatic carbocycles. The number of carbonyl (C=O) groups excluding carboxylic acids is 1. The number of carbonyl (C=O) groups is 2. The van der Waals surface area contributed by atoms with Gasteiger partial charge in [-0.15, -0.1) is 0 Å². The van der Waals surface area contributed by atoms with Crippen LogP contribution in [0.25, 0.3) is 0 Å². The minimum absolute atomic E-state index is 0.404. The van der Waals surface area contributed by atoms with Gasteiger partial charge in [0.2, 0.25) is 12.1 Å². The van der Waals surface area contributed by atoms with Gasteiger partial charge in [0.05, 0.1) is 29.9 Å². The van der Waals surface area contributed by atoms with Crippen LogP contribution in [0.2, 0.25) is 0 Å². The van der Waals surface area contributed by atoms with E-state index in [4.69, 9.17) is 14.2 Å². The number of fused-ring (bicyclic) bond motifs is 2. The molecule has 0 radical (unpaired) electrons. The Morgan fingerprint density at radius 1 is 0.814 bits per heavy atom. The number of aliphatic hydroxyl groups is 9. The number of ether oxygens (including phenoxy) is 3. The van der Waals surface area contributed by atoms with E-state index in [-0.39, 0.29) is 0 Å². The predicted molar refractivity (Wildman–Crippen MR) is 136 cm³/mol. The lowest BCUT2D eigenvalue weighted by molar-refractivity contribution is -0.277. The number of rotatable bonds is 6. The number of aliphatic hydroxyl groups excluding tert-OH is 8. The first-order valence-electron chi connectivity index (χ1n) is 13.1. The molecule has 16 nitrogen and oxygen atoms in total. The first-order chi connectivity index (χ1) is 20.3. The van der Waals surface area contributed by atoms with Gasteiger partial charge in [-0.3, -0.25) is 4.79 Å². The Bertz CT molecular complexity index is 1410. The molecule has 0 bridgehead atoms. The van der Waals surface area contributed by atoms with E-state index >= 15 is 0 Å². The Kier molecular flexibility index (Phi) is 8.22. The summed E-state index contributed by atoms with van der Waals surface area (Å²) in [5.74, 6) is -3.93. The highest BCUT2D eigenvalue weighted by Crippen LogP contribution is 2.50. The summed E-state index contributed by atoms with van der Waals surface area (Å²) in [7, 11) is 0. The highest BCUT2D eigenvalue weighted by Gasteiger charge is 2.58. The zero-order valence-electron chi connectivity index (χ0n) is 22.0. The van der Waals surface area contributed by atoms with Crippen LogP contribution in [-0.2, 0) is 15.1 Å². The number of aromatic hydroxyl groups is 1. The quantitative estimate of drug-likeness (QED) is 0.148. The lowest BCUT2D eigenvalue weighted by Crippen LogP contribution is -2.65. The molecule has 5 rings (SSSR count). The predicted octanol–water partition coefficient (Wildman–Crippen LogP) is -4.11. The van der Waals surface area contributed by atoms with Gasteiger partial charge in [-0.2, -0.15) is 0 Å². The normalized spacial score (nSPS) is 37.4. The Morgan fingerprint density at radius 2 is 1.42 bits per heavy atom. The summed E-state index contributed by atoms with van der Waals surface area (Å²) < 4.78 is 16.7. The van der Waals surface area contributed by atoms with Crippen LogP contribution < -0.4 is 4.74 Å². The van der Waals surface area contributed by atoms with Crippen LogP contribution in [0.15, 0.2) is 30.3 Å². The molecule has 1 aliphatic carbocycles. The van der Waals surface area contributed by atoms with Crippen molar-refractivity contribution in [1.29, 1.82) is 0 Å². The number of benzene rings is 2. The topological polar surface area (TPSA) is 284 Å². The number of ketones is 1. The van der Waals surface area contributed by atoms with Crippen molar-refractivity contribution in [2.75, 3.05) is 13.2 Å². The Labute approximate surface area is 241 Å². The van der Waals surface area contributed by atoms with E-state index < -0.39 is 131 Å². The Morgan fingerprint density at radius 3 is 2.02 bits per heavy atom. The van der Waals surface area contributed by atoms with Gasteiger partial charge < -0.3 is 70.4 Å². The highest BCUT2D eigenvalue weighted by molar-refractivity contribution is 6.16. The molecule has 2 aromatic rings. The molecule has 16 heteroatoms. The molecule has 0 saturated carbocycles. The van der Waals surface area contributed by atoms with Gasteiger partial charge >= 0.3 is 5.97 Å². The third kappa shape index (κ3) is 4.77. The van der Waals surface area contributed by atoms with E-state index in [1.165, 1.54) is 18.2 Å². The molecule has 0 aromatic heterocycles. The standard InChI is InChI=1S/C27H30O16/c28-6-13-17(31)20(34)22(36)24(41-13)27(40)9-2-1-3-12(42-26-23(37)21(35)18(32)14(7-29)43-26)16(9)19(33)15-10(27)4-8(25(38)39)5-11(15)30/h1-5,13-14,17-18,20-24,26,28-32,34-37,40H,6-7H2,(H,38,39)/t13-,14-,17-,18-,20+,21+,22+,23-,24+,26-,27+/m1/s1. The summed E-state index contributed by atoms with van der Waals surface area (Å²) in [6.45, 7) is -1.68. The summed E-state index contributed by atoms with van der Waals surface area (Å²) >= 11 is 0. The second-order valence-corrected chi connectivity index (χ2v) is 10.6. The average Bonchev–Trinajstić information content (AvgIpc) is 2.98. The third-order valence-corrected chi connectivity index (χ3v) is 8.06. The number of phenols is 1. The molecular weight excluding hydrogens is 580 g/mol. The van der Waals surface area contributed by atoms with Crippen molar-refractivity contribution in [3.63, 3.8) is 0 Å². The fourth-order valence-electron chi connectivity index (χ4n) is 5.78. The maximum Gasteiger partial charge on any atom is 0.335 e. The van der Waals surface area contributed by atoms with E-state index in [1.54, 1.807) is 0 Å². The van der Waals surface area contributed by atoms with Gasteiger partial charge in [-0.25, -0.2) is 4.79 Å². The summed E-state index contributed by atoms with van der Waals surface area (Å²) in [6.07, 6.45) is -18.2. The van der Waals surface area contributed by atoms with E-state index in [1.807, 2.05) is 0 Å². The van der Waals surface area contributed by atoms with Crippen molar-refractivity contribution < 1.29 is 80.0 Å². The Hall–Kier alpha value is -3.26. The second-order valence-electron chi connectivity index (χ2n) is 10.6. The van der Waals surface area contributed by atoms with Gasteiger partial charge in [0.1, 0.15) is 72.0 Å². The average molecular weight is 611 g/mol. The molecule has 0 unspecified atom stereocenters. The van der Waals surface area contributed by atoms with E-state index in [0.717, 1.165) is 12.1 Å². The van der Waals surface area contributed by atoms with E-state index in [0.29, 0.717) is 0 Å². The monoisotopic (exact) mass is 610 g/mol. The third-order valence-electron chi connectivity index (χ3n) is 8.06. The van der Waals surface area contributed by atoms with Gasteiger partial charge in [0.15, 0.2) is 0 Å². The molecule has 2 aliphatic heterocycles. The maximum absolute atomic E-state index is 13.9. The summed E-state index contributed by atoms with van der Waals surface area (Å²) in [5, 5.41) is 115. The number of carboxylic acid groups (broad SMARTS) is 1. The summed E-state index contributed by atoms with van der Waals surface area (Å²) in [5.41, 5.74) is -5.48. The van der Waals surface area contributed by atoms with Crippen LogP contribution >= 0.6 is 0 Å². The summed E-state index contributed by atoms with van der Waals surface area (Å²) in [6, 6.07) is 5.18. The van der Waals surface area contributed by atoms with E-state index in [9.17, 15) is 65.8 Å². The van der Waals surface area contributed by atoms with Crippen LogP contribution in [0.1, 0.15) is 37.4 Å². The molecule has 3 aliphatic rings. The number of phenolic OH excluding ortho intramolecular Hbond substituents is 1. The van der Waals surface area contributed by atoms with Crippen molar-refractivity contribution in [1.82, 2.24) is 0 Å². The van der Waals surface area contributed by atoms with Crippen molar-refractivity contribution >= 4 is 11.8 Å². The Balaban J connectivity index is 1.71. The van der Waals surface area contributed by atoms with Crippen LogP contribution in [0.5, 0.6) is 11.5 Å². The highest BCUT2D eigenvalue weighted by atomic mass is 16.7. The minimum Gasteiger partial charge on any atom is -0.507 e. The first kappa shape index (κ1) is 31.2. The first-order valence-corrected chi connectivity index (χ1v) is 13.1. The zero-order chi connectivity index (χ0) is 31.5. The van der Waals surface area contributed by atoms with Crippen molar-refractivity contribution in [3.05, 3.63) is 58.1 Å².